The molecule has 0 spiro atoms. The van der Waals surface area contributed by atoms with Crippen LogP contribution in [0.1, 0.15) is 54.9 Å². The maximum atomic E-state index is 13.2. The third kappa shape index (κ3) is 5.74. The Morgan fingerprint density at radius 1 is 1.09 bits per heavy atom. The highest BCUT2D eigenvalue weighted by Crippen LogP contribution is 2.25. The van der Waals surface area contributed by atoms with E-state index >= 15 is 0 Å². The summed E-state index contributed by atoms with van der Waals surface area (Å²) in [5.41, 5.74) is 3.12. The fraction of sp³-hybridized carbons (Fsp3) is 0.522. The van der Waals surface area contributed by atoms with E-state index in [1.165, 1.54) is 9.20 Å². The van der Waals surface area contributed by atoms with E-state index in [1.54, 1.807) is 19.2 Å². The number of fused-ring (bicyclic) bond motifs is 1. The predicted molar refractivity (Wildman–Crippen MR) is 129 cm³/mol. The van der Waals surface area contributed by atoms with Gasteiger partial charge in [0, 0.05) is 35.3 Å². The first-order valence-corrected chi connectivity index (χ1v) is 10.9. The van der Waals surface area contributed by atoms with Gasteiger partial charge in [-0.15, -0.1) is 22.6 Å². The Labute approximate surface area is 205 Å². The molecule has 186 valence electrons. The van der Waals surface area contributed by atoms with E-state index in [9.17, 15) is 4.79 Å². The maximum Gasteiger partial charge on any atom is 0.242 e. The summed E-state index contributed by atoms with van der Waals surface area (Å²) in [5, 5.41) is 17.4. The molecule has 11 heteroatoms. The van der Waals surface area contributed by atoms with Gasteiger partial charge in [-0.3, -0.25) is 10.2 Å². The van der Waals surface area contributed by atoms with Crippen LogP contribution in [0.15, 0.2) is 12.1 Å². The molecule has 3 aromatic heterocycles. The standard InChI is InChI=1S/C23H32N6O4.ClH/c1-8-32-21-15(3)14(2)20-26-28(22(24)29(20)27-21)13-17(30)16-11-18(23(4,5)6)25-19(12-16)33-10-9-31-7;/h11-12,24H,8-10,13H2,1-7H3;1H. The van der Waals surface area contributed by atoms with Crippen LogP contribution in [0.2, 0.25) is 0 Å². The van der Waals surface area contributed by atoms with Crippen molar-refractivity contribution in [1.82, 2.24) is 24.4 Å². The van der Waals surface area contributed by atoms with Gasteiger partial charge >= 0.3 is 0 Å². The average molecular weight is 493 g/mol. The number of pyridine rings is 1. The number of hydrogen-bond acceptors (Lipinski definition) is 8. The molecular formula is C23H33ClN6O4. The fourth-order valence-electron chi connectivity index (χ4n) is 3.20. The number of aromatic nitrogens is 5. The molecule has 3 aromatic rings. The third-order valence-corrected chi connectivity index (χ3v) is 5.27. The minimum atomic E-state index is -0.277. The van der Waals surface area contributed by atoms with Gasteiger partial charge in [-0.1, -0.05) is 20.8 Å². The lowest BCUT2D eigenvalue weighted by Crippen LogP contribution is -2.27. The van der Waals surface area contributed by atoms with E-state index in [0.717, 1.165) is 16.8 Å². The lowest BCUT2D eigenvalue weighted by Gasteiger charge is -2.19. The number of methoxy groups -OCH3 is 1. The zero-order valence-corrected chi connectivity index (χ0v) is 21.6. The molecule has 3 rings (SSSR count). The van der Waals surface area contributed by atoms with Crippen LogP contribution in [0.5, 0.6) is 11.8 Å². The Bertz CT molecular complexity index is 1230. The minimum absolute atomic E-state index is 0. The highest BCUT2D eigenvalue weighted by atomic mass is 35.5. The largest absolute Gasteiger partial charge is 0.477 e. The lowest BCUT2D eigenvalue weighted by molar-refractivity contribution is 0.0964. The number of carbonyl (C=O) groups is 1. The number of carbonyl (C=O) groups excluding carboxylic acids is 1. The molecule has 0 unspecified atom stereocenters. The van der Waals surface area contributed by atoms with Crippen LogP contribution in [0.4, 0.5) is 0 Å². The number of nitrogens with zero attached hydrogens (tertiary/aromatic N) is 5. The number of aryl methyl sites for hydroxylation is 1. The van der Waals surface area contributed by atoms with Crippen molar-refractivity contribution < 1.29 is 19.0 Å². The van der Waals surface area contributed by atoms with E-state index in [4.69, 9.17) is 19.6 Å². The van der Waals surface area contributed by atoms with Gasteiger partial charge in [-0.2, -0.15) is 4.52 Å². The molecule has 0 saturated heterocycles. The first kappa shape index (κ1) is 27.3. The van der Waals surface area contributed by atoms with Crippen LogP contribution in [-0.2, 0) is 16.7 Å². The zero-order chi connectivity index (χ0) is 24.3. The van der Waals surface area contributed by atoms with Crippen LogP contribution in [0.25, 0.3) is 5.65 Å². The van der Waals surface area contributed by atoms with Crippen molar-refractivity contribution in [2.24, 2.45) is 0 Å². The summed E-state index contributed by atoms with van der Waals surface area (Å²) in [6.07, 6.45) is 0. The smallest absolute Gasteiger partial charge is 0.242 e. The molecule has 34 heavy (non-hydrogen) atoms. The SMILES string of the molecule is CCOc1nn2c(=N)n(CC(=O)c3cc(OCCOC)nc(C(C)(C)C)c3)nc2c(C)c1C.Cl. The Hall–Kier alpha value is -2.98. The van der Waals surface area contributed by atoms with Gasteiger partial charge in [0.25, 0.3) is 0 Å². The molecule has 0 radical (unpaired) electrons. The zero-order valence-electron chi connectivity index (χ0n) is 20.8. The molecule has 0 bridgehead atoms. The molecule has 0 aliphatic carbocycles. The number of hydrogen-bond donors (Lipinski definition) is 1. The van der Waals surface area contributed by atoms with Crippen molar-refractivity contribution in [3.8, 4) is 11.8 Å². The predicted octanol–water partition coefficient (Wildman–Crippen LogP) is 3.05. The first-order chi connectivity index (χ1) is 15.6. The van der Waals surface area contributed by atoms with Gasteiger partial charge in [0.05, 0.1) is 18.9 Å². The topological polar surface area (TPSA) is 117 Å². The van der Waals surface area contributed by atoms with Crippen LogP contribution < -0.4 is 15.1 Å². The molecule has 1 N–H and O–H groups in total. The normalized spacial score (nSPS) is 11.4. The van der Waals surface area contributed by atoms with Crippen molar-refractivity contribution in [2.45, 2.75) is 53.5 Å². The van der Waals surface area contributed by atoms with E-state index in [0.29, 0.717) is 42.8 Å². The quantitative estimate of drug-likeness (QED) is 0.360. The first-order valence-electron chi connectivity index (χ1n) is 10.9. The van der Waals surface area contributed by atoms with Crippen LogP contribution >= 0.6 is 12.4 Å². The molecule has 3 heterocycles. The molecule has 0 fully saturated rings. The summed E-state index contributed by atoms with van der Waals surface area (Å²) >= 11 is 0. The summed E-state index contributed by atoms with van der Waals surface area (Å²) < 4.78 is 19.0. The Morgan fingerprint density at radius 3 is 2.41 bits per heavy atom. The van der Waals surface area contributed by atoms with Gasteiger partial charge < -0.3 is 14.2 Å². The number of nitrogens with one attached hydrogen (secondary N) is 1. The molecular weight excluding hydrogens is 460 g/mol. The van der Waals surface area contributed by atoms with Gasteiger partial charge in [0.1, 0.15) is 13.2 Å². The van der Waals surface area contributed by atoms with Gasteiger partial charge in [-0.05, 0) is 26.8 Å². The van der Waals surface area contributed by atoms with Crippen LogP contribution in [0, 0.1) is 19.3 Å². The molecule has 10 nitrogen and oxygen atoms in total. The van der Waals surface area contributed by atoms with Gasteiger partial charge in [-0.25, -0.2) is 9.67 Å². The molecule has 0 atom stereocenters. The summed E-state index contributed by atoms with van der Waals surface area (Å²) in [4.78, 5) is 17.8. The number of halogens is 1. The molecule has 0 aliphatic rings. The van der Waals surface area contributed by atoms with Crippen molar-refractivity contribution in [3.63, 3.8) is 0 Å². The summed E-state index contributed by atoms with van der Waals surface area (Å²) in [7, 11) is 1.59. The number of ether oxygens (including phenoxy) is 3. The molecule has 0 saturated carbocycles. The molecule has 0 aromatic carbocycles. The fourth-order valence-corrected chi connectivity index (χ4v) is 3.20. The van der Waals surface area contributed by atoms with E-state index in [2.05, 4.69) is 15.2 Å². The minimum Gasteiger partial charge on any atom is -0.477 e. The highest BCUT2D eigenvalue weighted by Gasteiger charge is 2.21. The van der Waals surface area contributed by atoms with Crippen molar-refractivity contribution in [1.29, 1.82) is 5.41 Å². The van der Waals surface area contributed by atoms with E-state index in [-0.39, 0.29) is 35.8 Å². The Kier molecular flexibility index (Phi) is 8.79. The second-order valence-electron chi connectivity index (χ2n) is 8.80. The summed E-state index contributed by atoms with van der Waals surface area (Å²) in [6, 6.07) is 3.39. The van der Waals surface area contributed by atoms with Gasteiger partial charge in [0.15, 0.2) is 11.4 Å². The Balaban J connectivity index is 0.00000408. The summed E-state index contributed by atoms with van der Waals surface area (Å²) in [5.74, 6) is 0.609. The van der Waals surface area contributed by atoms with E-state index < -0.39 is 0 Å². The van der Waals surface area contributed by atoms with Crippen LogP contribution in [-0.4, -0.2) is 57.1 Å². The maximum absolute atomic E-state index is 13.2. The number of rotatable bonds is 9. The monoisotopic (exact) mass is 492 g/mol. The highest BCUT2D eigenvalue weighted by molar-refractivity contribution is 5.96. The van der Waals surface area contributed by atoms with Crippen molar-refractivity contribution in [2.75, 3.05) is 26.9 Å². The molecule has 0 amide bonds. The average Bonchev–Trinajstić information content (AvgIpc) is 3.07. The molecule has 0 aliphatic heterocycles. The number of Topliss-reactive ketones (excluding diaryl/α,β-unsaturated/α-hetero) is 1. The van der Waals surface area contributed by atoms with E-state index in [1.807, 2.05) is 41.5 Å². The summed E-state index contributed by atoms with van der Waals surface area (Å²) in [6.45, 7) is 12.8. The second kappa shape index (κ2) is 11.0. The van der Waals surface area contributed by atoms with Crippen LogP contribution in [0.3, 0.4) is 0 Å². The van der Waals surface area contributed by atoms with Gasteiger partial charge in [0.2, 0.25) is 17.4 Å². The van der Waals surface area contributed by atoms with Crippen molar-refractivity contribution in [3.05, 3.63) is 40.1 Å². The number of ketones is 1. The second-order valence-corrected chi connectivity index (χ2v) is 8.80. The van der Waals surface area contributed by atoms with Crippen molar-refractivity contribution >= 4 is 23.8 Å². The Morgan fingerprint density at radius 2 is 1.79 bits per heavy atom. The third-order valence-electron chi connectivity index (χ3n) is 5.27. The lowest BCUT2D eigenvalue weighted by atomic mass is 9.90.